The summed E-state index contributed by atoms with van der Waals surface area (Å²) < 4.78 is 0. The Hall–Kier alpha value is 0.690. The molecule has 0 bridgehead atoms. The van der Waals surface area contributed by atoms with Crippen LogP contribution in [-0.4, -0.2) is 5.54 Å². The van der Waals surface area contributed by atoms with Gasteiger partial charge >= 0.3 is 0 Å². The molecule has 0 aliphatic heterocycles. The summed E-state index contributed by atoms with van der Waals surface area (Å²) >= 11 is 0. The molecule has 0 aromatic heterocycles. The van der Waals surface area contributed by atoms with Crippen molar-refractivity contribution in [2.24, 2.45) is 11.7 Å². The third-order valence-electron chi connectivity index (χ3n) is 5.46. The summed E-state index contributed by atoms with van der Waals surface area (Å²) in [5.41, 5.74) is 7.03. The summed E-state index contributed by atoms with van der Waals surface area (Å²) in [6.07, 6.45) is 20.1. The highest BCUT2D eigenvalue weighted by molar-refractivity contribution is 14.0. The Balaban J connectivity index is 0. The van der Waals surface area contributed by atoms with E-state index >= 15 is 0 Å². The lowest BCUT2D eigenvalue weighted by atomic mass is 9.75. The monoisotopic (exact) mass is 439 g/mol. The molecular formula is C21H46IN. The molecule has 0 spiro atoms. The molecule has 0 fully saturated rings. The first-order chi connectivity index (χ1) is 10.6. The van der Waals surface area contributed by atoms with Crippen LogP contribution in [0.4, 0.5) is 0 Å². The molecule has 0 heterocycles. The van der Waals surface area contributed by atoms with Gasteiger partial charge < -0.3 is 5.73 Å². The molecular weight excluding hydrogens is 393 g/mol. The molecule has 23 heavy (non-hydrogen) atoms. The van der Waals surface area contributed by atoms with E-state index in [4.69, 9.17) is 5.73 Å². The zero-order chi connectivity index (χ0) is 16.7. The van der Waals surface area contributed by atoms with E-state index in [0.717, 1.165) is 0 Å². The minimum absolute atomic E-state index is 0. The van der Waals surface area contributed by atoms with Gasteiger partial charge in [0.05, 0.1) is 0 Å². The number of halogens is 1. The van der Waals surface area contributed by atoms with E-state index in [0.29, 0.717) is 5.92 Å². The van der Waals surface area contributed by atoms with E-state index in [2.05, 4.69) is 27.7 Å². The molecule has 1 atom stereocenters. The summed E-state index contributed by atoms with van der Waals surface area (Å²) in [4.78, 5) is 0. The number of rotatable bonds is 16. The molecule has 0 aromatic carbocycles. The second-order valence-corrected chi connectivity index (χ2v) is 7.60. The topological polar surface area (TPSA) is 26.0 Å². The number of hydrogen-bond acceptors (Lipinski definition) is 1. The number of unbranched alkanes of at least 4 members (excludes halogenated alkanes) is 9. The highest BCUT2D eigenvalue weighted by Crippen LogP contribution is 2.31. The van der Waals surface area contributed by atoms with Gasteiger partial charge in [0.25, 0.3) is 0 Å². The molecule has 2 N–H and O–H groups in total. The van der Waals surface area contributed by atoms with Crippen molar-refractivity contribution in [1.29, 1.82) is 0 Å². The van der Waals surface area contributed by atoms with Crippen molar-refractivity contribution in [3.05, 3.63) is 0 Å². The van der Waals surface area contributed by atoms with Gasteiger partial charge in [0.1, 0.15) is 0 Å². The normalized spacial score (nSPS) is 12.9. The van der Waals surface area contributed by atoms with Crippen LogP contribution in [0.1, 0.15) is 124 Å². The molecule has 0 aromatic rings. The molecule has 1 nitrogen and oxygen atoms in total. The Kier molecular flexibility index (Phi) is 19.7. The maximum atomic E-state index is 6.92. The van der Waals surface area contributed by atoms with Gasteiger partial charge in [0.15, 0.2) is 0 Å². The van der Waals surface area contributed by atoms with Crippen molar-refractivity contribution in [2.75, 3.05) is 0 Å². The lowest BCUT2D eigenvalue weighted by molar-refractivity contribution is 0.220. The van der Waals surface area contributed by atoms with Gasteiger partial charge in [0, 0.05) is 5.54 Å². The SMILES string of the molecule is CCCCCCC(C)C(N)(CCCCCC)CCCCCC.I. The second-order valence-electron chi connectivity index (χ2n) is 7.60. The van der Waals surface area contributed by atoms with Crippen LogP contribution in [0.25, 0.3) is 0 Å². The number of hydrogen-bond donors (Lipinski definition) is 1. The fourth-order valence-corrected chi connectivity index (χ4v) is 3.54. The molecule has 1 unspecified atom stereocenters. The highest BCUT2D eigenvalue weighted by Gasteiger charge is 2.30. The first-order valence-corrected chi connectivity index (χ1v) is 10.4. The zero-order valence-corrected chi connectivity index (χ0v) is 19.0. The van der Waals surface area contributed by atoms with Gasteiger partial charge in [-0.05, 0) is 25.2 Å². The average Bonchev–Trinajstić information content (AvgIpc) is 2.52. The van der Waals surface area contributed by atoms with Crippen LogP contribution >= 0.6 is 24.0 Å². The minimum atomic E-state index is 0. The molecule has 2 heteroatoms. The van der Waals surface area contributed by atoms with Gasteiger partial charge in [-0.15, -0.1) is 24.0 Å². The van der Waals surface area contributed by atoms with E-state index in [9.17, 15) is 0 Å². The molecule has 0 radical (unpaired) electrons. The van der Waals surface area contributed by atoms with E-state index in [1.807, 2.05) is 0 Å². The Morgan fingerprint density at radius 1 is 0.652 bits per heavy atom. The standard InChI is InChI=1S/C21H45N.HI/c1-5-8-11-14-17-20(4)21(22,18-15-12-9-6-2)19-16-13-10-7-3;/h20H,5-19,22H2,1-4H3;1H. The Morgan fingerprint density at radius 2 is 1.04 bits per heavy atom. The molecule has 0 amide bonds. The van der Waals surface area contributed by atoms with Crippen LogP contribution in [0.15, 0.2) is 0 Å². The Morgan fingerprint density at radius 3 is 1.43 bits per heavy atom. The van der Waals surface area contributed by atoms with E-state index in [1.165, 1.54) is 96.3 Å². The van der Waals surface area contributed by atoms with Crippen LogP contribution in [0.5, 0.6) is 0 Å². The maximum absolute atomic E-state index is 6.92. The summed E-state index contributed by atoms with van der Waals surface area (Å²) in [5.74, 6) is 0.688. The highest BCUT2D eigenvalue weighted by atomic mass is 127. The second kappa shape index (κ2) is 17.5. The quantitative estimate of drug-likeness (QED) is 0.192. The molecule has 0 saturated heterocycles. The average molecular weight is 440 g/mol. The fourth-order valence-electron chi connectivity index (χ4n) is 3.54. The predicted octanol–water partition coefficient (Wildman–Crippen LogP) is 7.85. The Labute approximate surface area is 165 Å². The minimum Gasteiger partial charge on any atom is -0.325 e. The van der Waals surface area contributed by atoms with Gasteiger partial charge in [-0.25, -0.2) is 0 Å². The van der Waals surface area contributed by atoms with Crippen LogP contribution in [0.2, 0.25) is 0 Å². The first-order valence-electron chi connectivity index (χ1n) is 10.4. The number of nitrogens with two attached hydrogens (primary N) is 1. The predicted molar refractivity (Wildman–Crippen MR) is 118 cm³/mol. The van der Waals surface area contributed by atoms with Crippen molar-refractivity contribution in [1.82, 2.24) is 0 Å². The largest absolute Gasteiger partial charge is 0.325 e. The van der Waals surface area contributed by atoms with Crippen LogP contribution in [-0.2, 0) is 0 Å². The van der Waals surface area contributed by atoms with E-state index < -0.39 is 0 Å². The molecule has 142 valence electrons. The molecule has 0 rings (SSSR count). The summed E-state index contributed by atoms with van der Waals surface area (Å²) in [6, 6.07) is 0. The fraction of sp³-hybridized carbons (Fsp3) is 1.00. The Bertz CT molecular complexity index is 218. The summed E-state index contributed by atoms with van der Waals surface area (Å²) in [7, 11) is 0. The van der Waals surface area contributed by atoms with Crippen molar-refractivity contribution in [3.63, 3.8) is 0 Å². The van der Waals surface area contributed by atoms with E-state index in [-0.39, 0.29) is 29.5 Å². The first kappa shape index (κ1) is 25.9. The third kappa shape index (κ3) is 13.6. The van der Waals surface area contributed by atoms with Gasteiger partial charge in [-0.2, -0.15) is 0 Å². The van der Waals surface area contributed by atoms with Crippen molar-refractivity contribution in [2.45, 2.75) is 130 Å². The van der Waals surface area contributed by atoms with Gasteiger partial charge in [-0.1, -0.05) is 105 Å². The van der Waals surface area contributed by atoms with Gasteiger partial charge in [0.2, 0.25) is 0 Å². The van der Waals surface area contributed by atoms with Crippen molar-refractivity contribution in [3.8, 4) is 0 Å². The van der Waals surface area contributed by atoms with Crippen LogP contribution in [0.3, 0.4) is 0 Å². The zero-order valence-electron chi connectivity index (χ0n) is 16.7. The third-order valence-corrected chi connectivity index (χ3v) is 5.46. The van der Waals surface area contributed by atoms with E-state index in [1.54, 1.807) is 0 Å². The lowest BCUT2D eigenvalue weighted by Gasteiger charge is -2.36. The molecule has 0 saturated carbocycles. The van der Waals surface area contributed by atoms with Crippen LogP contribution < -0.4 is 5.73 Å². The van der Waals surface area contributed by atoms with Crippen molar-refractivity contribution >= 4 is 24.0 Å². The van der Waals surface area contributed by atoms with Crippen molar-refractivity contribution < 1.29 is 0 Å². The smallest absolute Gasteiger partial charge is 0.0180 e. The lowest BCUT2D eigenvalue weighted by Crippen LogP contribution is -2.46. The molecule has 0 aliphatic carbocycles. The van der Waals surface area contributed by atoms with Crippen LogP contribution in [0, 0.1) is 5.92 Å². The van der Waals surface area contributed by atoms with Gasteiger partial charge in [-0.3, -0.25) is 0 Å². The summed E-state index contributed by atoms with van der Waals surface area (Å²) in [6.45, 7) is 9.29. The maximum Gasteiger partial charge on any atom is 0.0180 e. The molecule has 0 aliphatic rings. The summed E-state index contributed by atoms with van der Waals surface area (Å²) in [5, 5.41) is 0.